The molecule has 0 spiro atoms. The van der Waals surface area contributed by atoms with Crippen molar-refractivity contribution in [3.05, 3.63) is 63.7 Å². The number of halogens is 5. The van der Waals surface area contributed by atoms with Gasteiger partial charge in [0.05, 0.1) is 5.02 Å². The maximum atomic E-state index is 13.9. The van der Waals surface area contributed by atoms with Gasteiger partial charge in [-0.25, -0.2) is 13.2 Å². The Kier molecular flexibility index (Phi) is 5.10. The van der Waals surface area contributed by atoms with Crippen LogP contribution in [0, 0.1) is 17.5 Å². The molecule has 2 aromatic carbocycles. The minimum Gasteiger partial charge on any atom is -0.474 e. The van der Waals surface area contributed by atoms with Crippen LogP contribution in [0.2, 0.25) is 10.0 Å². The van der Waals surface area contributed by atoms with Crippen molar-refractivity contribution >= 4 is 23.2 Å². The van der Waals surface area contributed by atoms with Crippen LogP contribution >= 0.6 is 23.2 Å². The van der Waals surface area contributed by atoms with E-state index in [1.54, 1.807) is 43.7 Å². The summed E-state index contributed by atoms with van der Waals surface area (Å²) in [5, 5.41) is 9.05. The molecule has 3 rings (SSSR count). The predicted octanol–water partition coefficient (Wildman–Crippen LogP) is 5.52. The number of nitrogens with zero attached hydrogens (tertiary/aromatic N) is 3. The fourth-order valence-corrected chi connectivity index (χ4v) is 3.06. The van der Waals surface area contributed by atoms with Gasteiger partial charge in [0.1, 0.15) is 5.82 Å². The third-order valence-corrected chi connectivity index (χ3v) is 4.47. The third-order valence-electron chi connectivity index (χ3n) is 3.90. The van der Waals surface area contributed by atoms with Gasteiger partial charge in [0.15, 0.2) is 34.6 Å². The van der Waals surface area contributed by atoms with Gasteiger partial charge in [-0.05, 0) is 32.0 Å². The number of aromatic nitrogens is 3. The largest absolute Gasteiger partial charge is 0.474 e. The molecule has 0 saturated carbocycles. The summed E-state index contributed by atoms with van der Waals surface area (Å²) in [5.74, 6) is -3.37. The van der Waals surface area contributed by atoms with E-state index < -0.39 is 28.8 Å². The Bertz CT molecular complexity index is 998. The van der Waals surface area contributed by atoms with Crippen LogP contribution in [0.25, 0.3) is 11.4 Å². The lowest BCUT2D eigenvalue weighted by atomic mass is 10.1. The van der Waals surface area contributed by atoms with E-state index in [4.69, 9.17) is 27.9 Å². The topological polar surface area (TPSA) is 39.9 Å². The van der Waals surface area contributed by atoms with Crippen LogP contribution in [0.4, 0.5) is 13.2 Å². The van der Waals surface area contributed by atoms with E-state index in [9.17, 15) is 13.2 Å². The minimum atomic E-state index is -1.29. The van der Waals surface area contributed by atoms with E-state index in [1.165, 1.54) is 0 Å². The first kappa shape index (κ1) is 19.5. The van der Waals surface area contributed by atoms with Crippen LogP contribution in [0.5, 0.6) is 5.75 Å². The molecule has 27 heavy (non-hydrogen) atoms. The molecular weight excluding hydrogens is 402 g/mol. The van der Waals surface area contributed by atoms with Crippen LogP contribution in [0.1, 0.15) is 19.7 Å². The van der Waals surface area contributed by atoms with Crippen LogP contribution in [0.15, 0.2) is 30.3 Å². The zero-order valence-electron chi connectivity index (χ0n) is 14.5. The molecule has 0 saturated heterocycles. The van der Waals surface area contributed by atoms with Gasteiger partial charge in [-0.1, -0.05) is 23.2 Å². The minimum absolute atomic E-state index is 0.275. The van der Waals surface area contributed by atoms with Gasteiger partial charge in [0, 0.05) is 29.8 Å². The summed E-state index contributed by atoms with van der Waals surface area (Å²) in [7, 11) is 1.66. The molecule has 4 nitrogen and oxygen atoms in total. The summed E-state index contributed by atoms with van der Waals surface area (Å²) < 4.78 is 48.1. The Morgan fingerprint density at radius 1 is 1.00 bits per heavy atom. The first-order chi connectivity index (χ1) is 12.6. The van der Waals surface area contributed by atoms with Crippen molar-refractivity contribution in [3.8, 4) is 17.1 Å². The van der Waals surface area contributed by atoms with Gasteiger partial charge in [-0.3, -0.25) is 0 Å². The summed E-state index contributed by atoms with van der Waals surface area (Å²) in [6.07, 6.45) is 0. The van der Waals surface area contributed by atoms with E-state index in [-0.39, 0.29) is 5.82 Å². The van der Waals surface area contributed by atoms with Crippen LogP contribution in [0.3, 0.4) is 0 Å². The summed E-state index contributed by atoms with van der Waals surface area (Å²) in [4.78, 5) is 0. The molecule has 0 bridgehead atoms. The molecule has 3 aromatic rings. The molecule has 0 unspecified atom stereocenters. The van der Waals surface area contributed by atoms with Crippen molar-refractivity contribution in [2.75, 3.05) is 0 Å². The Labute approximate surface area is 163 Å². The highest BCUT2D eigenvalue weighted by Gasteiger charge is 2.32. The number of ether oxygens (including phenoxy) is 1. The van der Waals surface area contributed by atoms with E-state index in [1.807, 2.05) is 0 Å². The van der Waals surface area contributed by atoms with Gasteiger partial charge < -0.3 is 9.30 Å². The predicted molar refractivity (Wildman–Crippen MR) is 96.4 cm³/mol. The van der Waals surface area contributed by atoms with Gasteiger partial charge in [-0.15, -0.1) is 10.2 Å². The fraction of sp³-hybridized carbons (Fsp3) is 0.222. The van der Waals surface area contributed by atoms with E-state index in [2.05, 4.69) is 10.2 Å². The second-order valence-electron chi connectivity index (χ2n) is 6.34. The lowest BCUT2D eigenvalue weighted by Gasteiger charge is -2.26. The summed E-state index contributed by atoms with van der Waals surface area (Å²) in [6.45, 7) is 3.12. The Hall–Kier alpha value is -2.25. The average molecular weight is 416 g/mol. The molecule has 0 aliphatic carbocycles. The lowest BCUT2D eigenvalue weighted by molar-refractivity contribution is 0.0833. The maximum absolute atomic E-state index is 13.9. The average Bonchev–Trinajstić information content (AvgIpc) is 2.95. The highest BCUT2D eigenvalue weighted by molar-refractivity contribution is 6.35. The van der Waals surface area contributed by atoms with Crippen LogP contribution < -0.4 is 4.74 Å². The highest BCUT2D eigenvalue weighted by Crippen LogP contribution is 2.34. The second kappa shape index (κ2) is 7.05. The van der Waals surface area contributed by atoms with Crippen molar-refractivity contribution in [2.24, 2.45) is 7.05 Å². The van der Waals surface area contributed by atoms with Gasteiger partial charge in [0.2, 0.25) is 0 Å². The molecular formula is C18H14Cl2F3N3O. The molecule has 0 aliphatic rings. The molecule has 1 aromatic heterocycles. The highest BCUT2D eigenvalue weighted by atomic mass is 35.5. The van der Waals surface area contributed by atoms with Crippen LogP contribution in [-0.2, 0) is 12.6 Å². The van der Waals surface area contributed by atoms with Crippen molar-refractivity contribution in [1.82, 2.24) is 14.8 Å². The standard InChI is InChI=1S/C18H14Cl2F3N3O/c1-18(2,27-15-13(22)7-10(21)8-14(15)23)17-25-24-16(26(17)3)11-6-9(19)4-5-12(11)20/h4-8H,1-3H3. The molecule has 0 amide bonds. The van der Waals surface area contributed by atoms with Crippen molar-refractivity contribution in [2.45, 2.75) is 19.4 Å². The number of rotatable bonds is 4. The summed E-state index contributed by atoms with van der Waals surface area (Å²) in [6, 6.07) is 5.98. The fourth-order valence-electron chi connectivity index (χ4n) is 2.68. The van der Waals surface area contributed by atoms with Crippen molar-refractivity contribution in [1.29, 1.82) is 0 Å². The zero-order chi connectivity index (χ0) is 19.9. The SMILES string of the molecule is Cn1c(-c2cc(Cl)ccc2Cl)nnc1C(C)(C)Oc1c(F)cc(F)cc1F. The lowest BCUT2D eigenvalue weighted by Crippen LogP contribution is -2.30. The van der Waals surface area contributed by atoms with Gasteiger partial charge in [-0.2, -0.15) is 0 Å². The van der Waals surface area contributed by atoms with Gasteiger partial charge >= 0.3 is 0 Å². The van der Waals surface area contributed by atoms with Crippen molar-refractivity contribution in [3.63, 3.8) is 0 Å². The first-order valence-electron chi connectivity index (χ1n) is 7.79. The quantitative estimate of drug-likeness (QED) is 0.562. The number of benzene rings is 2. The molecule has 142 valence electrons. The smallest absolute Gasteiger partial charge is 0.192 e. The Balaban J connectivity index is 2.02. The van der Waals surface area contributed by atoms with Crippen LogP contribution in [-0.4, -0.2) is 14.8 Å². The molecule has 0 atom stereocenters. The normalized spacial score (nSPS) is 11.7. The summed E-state index contributed by atoms with van der Waals surface area (Å²) in [5.41, 5.74) is -0.745. The number of hydrogen-bond donors (Lipinski definition) is 0. The Morgan fingerprint density at radius 3 is 2.26 bits per heavy atom. The monoisotopic (exact) mass is 415 g/mol. The molecule has 0 radical (unpaired) electrons. The molecule has 0 N–H and O–H groups in total. The molecule has 1 heterocycles. The van der Waals surface area contributed by atoms with E-state index >= 15 is 0 Å². The van der Waals surface area contributed by atoms with Crippen molar-refractivity contribution < 1.29 is 17.9 Å². The second-order valence-corrected chi connectivity index (χ2v) is 7.18. The third kappa shape index (κ3) is 3.75. The molecule has 9 heteroatoms. The number of hydrogen-bond acceptors (Lipinski definition) is 3. The first-order valence-corrected chi connectivity index (χ1v) is 8.54. The Morgan fingerprint density at radius 2 is 1.63 bits per heavy atom. The molecule has 0 aliphatic heterocycles. The summed E-state index contributed by atoms with van der Waals surface area (Å²) >= 11 is 12.2. The van der Waals surface area contributed by atoms with E-state index in [0.29, 0.717) is 33.6 Å². The van der Waals surface area contributed by atoms with Gasteiger partial charge in [0.25, 0.3) is 0 Å². The van der Waals surface area contributed by atoms with E-state index in [0.717, 1.165) is 0 Å². The molecule has 0 fully saturated rings. The maximum Gasteiger partial charge on any atom is 0.192 e. The zero-order valence-corrected chi connectivity index (χ0v) is 16.0.